The minimum absolute atomic E-state index is 0.683. The van der Waals surface area contributed by atoms with Crippen LogP contribution in [-0.2, 0) is 0 Å². The third kappa shape index (κ3) is 5.74. The molecule has 0 aliphatic rings. The first-order chi connectivity index (χ1) is 10.3. The van der Waals surface area contributed by atoms with E-state index in [0.29, 0.717) is 19.8 Å². The van der Waals surface area contributed by atoms with Gasteiger partial charge in [-0.1, -0.05) is 20.8 Å². The maximum Gasteiger partial charge on any atom is 0.149 e. The summed E-state index contributed by atoms with van der Waals surface area (Å²) >= 11 is 0. The Morgan fingerprint density at radius 3 is 1.67 bits per heavy atom. The number of hydrogen-bond acceptors (Lipinski definition) is 4. The van der Waals surface area contributed by atoms with Gasteiger partial charge in [-0.15, -0.1) is 0 Å². The van der Waals surface area contributed by atoms with Gasteiger partial charge < -0.3 is 19.5 Å². The Kier molecular flexibility index (Phi) is 8.48. The van der Waals surface area contributed by atoms with Crippen molar-refractivity contribution in [3.8, 4) is 17.2 Å². The summed E-state index contributed by atoms with van der Waals surface area (Å²) in [7, 11) is 0. The highest BCUT2D eigenvalue weighted by Crippen LogP contribution is 2.39. The van der Waals surface area contributed by atoms with Crippen molar-refractivity contribution in [2.45, 2.75) is 47.0 Å². The van der Waals surface area contributed by atoms with Crippen LogP contribution >= 0.6 is 0 Å². The molecule has 0 bridgehead atoms. The summed E-state index contributed by atoms with van der Waals surface area (Å²) in [6.07, 6.45) is 2.92. The summed E-state index contributed by atoms with van der Waals surface area (Å²) in [4.78, 5) is 0. The van der Waals surface area contributed by atoms with Gasteiger partial charge >= 0.3 is 0 Å². The fraction of sp³-hybridized carbons (Fsp3) is 0.647. The molecule has 21 heavy (non-hydrogen) atoms. The maximum absolute atomic E-state index is 5.86. The second-order valence-electron chi connectivity index (χ2n) is 4.87. The first-order valence-electron chi connectivity index (χ1n) is 8.07. The van der Waals surface area contributed by atoms with Gasteiger partial charge in [0.1, 0.15) is 22.9 Å². The largest absolute Gasteiger partial charge is 0.493 e. The van der Waals surface area contributed by atoms with Crippen LogP contribution in [0.1, 0.15) is 47.0 Å². The van der Waals surface area contributed by atoms with Crippen molar-refractivity contribution in [3.05, 3.63) is 12.1 Å². The Morgan fingerprint density at radius 1 is 0.762 bits per heavy atom. The van der Waals surface area contributed by atoms with Crippen molar-refractivity contribution < 1.29 is 14.2 Å². The van der Waals surface area contributed by atoms with E-state index in [1.807, 2.05) is 12.1 Å². The van der Waals surface area contributed by atoms with Crippen LogP contribution in [0.15, 0.2) is 12.1 Å². The van der Waals surface area contributed by atoms with Crippen molar-refractivity contribution in [1.29, 1.82) is 0 Å². The van der Waals surface area contributed by atoms with Crippen LogP contribution in [0.3, 0.4) is 0 Å². The standard InChI is InChI=1S/C17H29NO3/c1-5-9-19-14-12-15(20-10-6-2)17(18-8-4)16(13-14)21-11-7-3/h12-13,18H,5-11H2,1-4H3. The number of hydrogen-bond donors (Lipinski definition) is 1. The summed E-state index contributed by atoms with van der Waals surface area (Å²) in [6.45, 7) is 11.2. The second kappa shape index (κ2) is 10.2. The summed E-state index contributed by atoms with van der Waals surface area (Å²) in [5.41, 5.74) is 0.920. The molecule has 0 amide bonds. The number of nitrogens with one attached hydrogen (secondary N) is 1. The summed E-state index contributed by atoms with van der Waals surface area (Å²) in [6, 6.07) is 3.89. The molecule has 0 aliphatic carbocycles. The molecule has 0 saturated carbocycles. The van der Waals surface area contributed by atoms with E-state index in [-0.39, 0.29) is 0 Å². The summed E-state index contributed by atoms with van der Waals surface area (Å²) < 4.78 is 17.5. The van der Waals surface area contributed by atoms with Crippen molar-refractivity contribution in [1.82, 2.24) is 0 Å². The zero-order valence-corrected chi connectivity index (χ0v) is 13.8. The lowest BCUT2D eigenvalue weighted by Gasteiger charge is -2.18. The van der Waals surface area contributed by atoms with Gasteiger partial charge in [0.2, 0.25) is 0 Å². The molecule has 0 aliphatic heterocycles. The normalized spacial score (nSPS) is 10.3. The summed E-state index contributed by atoms with van der Waals surface area (Å²) in [5, 5.41) is 3.34. The quantitative estimate of drug-likeness (QED) is 0.653. The second-order valence-corrected chi connectivity index (χ2v) is 4.87. The molecule has 120 valence electrons. The molecule has 4 nitrogen and oxygen atoms in total. The lowest BCUT2D eigenvalue weighted by Crippen LogP contribution is -2.07. The molecular weight excluding hydrogens is 266 g/mol. The molecule has 0 unspecified atom stereocenters. The Balaban J connectivity index is 3.07. The van der Waals surface area contributed by atoms with Crippen LogP contribution in [0, 0.1) is 0 Å². The van der Waals surface area contributed by atoms with Gasteiger partial charge in [0, 0.05) is 18.7 Å². The Labute approximate surface area is 128 Å². The Morgan fingerprint density at radius 2 is 1.24 bits per heavy atom. The molecule has 1 aromatic rings. The molecule has 0 aromatic heterocycles. The molecule has 0 fully saturated rings. The molecule has 1 rings (SSSR count). The highest BCUT2D eigenvalue weighted by molar-refractivity contribution is 5.68. The van der Waals surface area contributed by atoms with E-state index in [0.717, 1.165) is 48.7 Å². The number of rotatable bonds is 11. The Bertz CT molecular complexity index is 378. The van der Waals surface area contributed by atoms with Crippen LogP contribution in [0.2, 0.25) is 0 Å². The van der Waals surface area contributed by atoms with Crippen LogP contribution in [0.4, 0.5) is 5.69 Å². The van der Waals surface area contributed by atoms with E-state index in [9.17, 15) is 0 Å². The van der Waals surface area contributed by atoms with Crippen molar-refractivity contribution in [3.63, 3.8) is 0 Å². The summed E-state index contributed by atoms with van der Waals surface area (Å²) in [5.74, 6) is 2.41. The van der Waals surface area contributed by atoms with E-state index in [4.69, 9.17) is 14.2 Å². The molecule has 4 heteroatoms. The van der Waals surface area contributed by atoms with E-state index in [2.05, 4.69) is 33.0 Å². The SMILES string of the molecule is CCCOc1cc(OCCC)c(NCC)c(OCCC)c1. The molecular formula is C17H29NO3. The van der Waals surface area contributed by atoms with E-state index < -0.39 is 0 Å². The number of ether oxygens (including phenoxy) is 3. The fourth-order valence-corrected chi connectivity index (χ4v) is 1.87. The monoisotopic (exact) mass is 295 g/mol. The van der Waals surface area contributed by atoms with Gasteiger partial charge in [-0.2, -0.15) is 0 Å². The highest BCUT2D eigenvalue weighted by Gasteiger charge is 2.14. The van der Waals surface area contributed by atoms with Gasteiger partial charge in [-0.25, -0.2) is 0 Å². The van der Waals surface area contributed by atoms with E-state index >= 15 is 0 Å². The minimum atomic E-state index is 0.683. The predicted octanol–water partition coefficient (Wildman–Crippen LogP) is 4.48. The van der Waals surface area contributed by atoms with Crippen molar-refractivity contribution in [2.24, 2.45) is 0 Å². The zero-order valence-electron chi connectivity index (χ0n) is 13.8. The highest BCUT2D eigenvalue weighted by atomic mass is 16.5. The first kappa shape index (κ1) is 17.5. The van der Waals surface area contributed by atoms with Crippen molar-refractivity contribution >= 4 is 5.69 Å². The molecule has 1 N–H and O–H groups in total. The molecule has 0 heterocycles. The van der Waals surface area contributed by atoms with Gasteiger partial charge in [0.15, 0.2) is 0 Å². The lowest BCUT2D eigenvalue weighted by atomic mass is 10.2. The number of anilines is 1. The van der Waals surface area contributed by atoms with Crippen LogP contribution in [0.5, 0.6) is 17.2 Å². The van der Waals surface area contributed by atoms with Crippen LogP contribution in [-0.4, -0.2) is 26.4 Å². The zero-order chi connectivity index (χ0) is 15.5. The topological polar surface area (TPSA) is 39.7 Å². The van der Waals surface area contributed by atoms with Gasteiger partial charge in [-0.05, 0) is 26.2 Å². The lowest BCUT2D eigenvalue weighted by molar-refractivity contribution is 0.288. The average Bonchev–Trinajstić information content (AvgIpc) is 2.50. The van der Waals surface area contributed by atoms with Gasteiger partial charge in [0.25, 0.3) is 0 Å². The first-order valence-corrected chi connectivity index (χ1v) is 8.07. The fourth-order valence-electron chi connectivity index (χ4n) is 1.87. The van der Waals surface area contributed by atoms with Crippen LogP contribution in [0.25, 0.3) is 0 Å². The molecule has 0 atom stereocenters. The molecule has 1 aromatic carbocycles. The molecule has 0 spiro atoms. The van der Waals surface area contributed by atoms with E-state index in [1.54, 1.807) is 0 Å². The van der Waals surface area contributed by atoms with Gasteiger partial charge in [0.05, 0.1) is 19.8 Å². The third-order valence-electron chi connectivity index (χ3n) is 2.79. The Hall–Kier alpha value is -1.58. The average molecular weight is 295 g/mol. The molecule has 0 radical (unpaired) electrons. The predicted molar refractivity (Wildman–Crippen MR) is 88.0 cm³/mol. The number of benzene rings is 1. The van der Waals surface area contributed by atoms with E-state index in [1.165, 1.54) is 0 Å². The smallest absolute Gasteiger partial charge is 0.149 e. The molecule has 0 saturated heterocycles. The van der Waals surface area contributed by atoms with Gasteiger partial charge in [-0.3, -0.25) is 0 Å². The maximum atomic E-state index is 5.86. The third-order valence-corrected chi connectivity index (χ3v) is 2.79. The van der Waals surface area contributed by atoms with Crippen LogP contribution < -0.4 is 19.5 Å². The minimum Gasteiger partial charge on any atom is -0.493 e. The van der Waals surface area contributed by atoms with Crippen molar-refractivity contribution in [2.75, 3.05) is 31.7 Å².